The molecule has 0 bridgehead atoms. The number of anilines is 1. The molecule has 0 aliphatic heterocycles. The number of carbonyl (C=O) groups is 2. The minimum atomic E-state index is -4.05. The Morgan fingerprint density at radius 2 is 1.67 bits per heavy atom. The molecule has 42 heavy (non-hydrogen) atoms. The van der Waals surface area contributed by atoms with Crippen molar-refractivity contribution in [2.75, 3.05) is 17.1 Å². The van der Waals surface area contributed by atoms with Crippen molar-refractivity contribution in [3.63, 3.8) is 0 Å². The molecule has 1 atom stereocenters. The molecule has 0 radical (unpaired) electrons. The highest BCUT2D eigenvalue weighted by Crippen LogP contribution is 2.25. The second kappa shape index (κ2) is 13.8. The maximum Gasteiger partial charge on any atom is 0.271 e. The molecule has 3 aromatic carbocycles. The van der Waals surface area contributed by atoms with Gasteiger partial charge in [-0.15, -0.1) is 0 Å². The smallest absolute Gasteiger partial charge is 0.271 e. The quantitative estimate of drug-likeness (QED) is 0.233. The van der Waals surface area contributed by atoms with Crippen molar-refractivity contribution in [2.45, 2.75) is 50.7 Å². The van der Waals surface area contributed by atoms with E-state index in [2.05, 4.69) is 5.32 Å². The fourth-order valence-electron chi connectivity index (χ4n) is 5.13. The summed E-state index contributed by atoms with van der Waals surface area (Å²) in [6, 6.07) is 20.3. The molecule has 10 nitrogen and oxygen atoms in total. The maximum absolute atomic E-state index is 14.1. The predicted octanol–water partition coefficient (Wildman–Crippen LogP) is 4.71. The third-order valence-corrected chi connectivity index (χ3v) is 8.60. The van der Waals surface area contributed by atoms with Crippen LogP contribution in [0.3, 0.4) is 0 Å². The Morgan fingerprint density at radius 3 is 2.31 bits per heavy atom. The molecule has 1 saturated carbocycles. The van der Waals surface area contributed by atoms with Gasteiger partial charge in [0.15, 0.2) is 0 Å². The molecule has 1 aliphatic rings. The van der Waals surface area contributed by atoms with E-state index in [0.29, 0.717) is 10.6 Å². The van der Waals surface area contributed by atoms with Crippen LogP contribution in [0.15, 0.2) is 78.9 Å². The molecular weight excluding hydrogens is 580 g/mol. The van der Waals surface area contributed by atoms with Gasteiger partial charge in [0.2, 0.25) is 21.8 Å². The molecule has 0 heterocycles. The van der Waals surface area contributed by atoms with Gasteiger partial charge in [0.25, 0.3) is 5.69 Å². The average molecular weight is 613 g/mol. The first-order valence-electron chi connectivity index (χ1n) is 13.6. The van der Waals surface area contributed by atoms with E-state index in [-0.39, 0.29) is 36.3 Å². The van der Waals surface area contributed by atoms with Crippen LogP contribution in [0.1, 0.15) is 36.8 Å². The van der Waals surface area contributed by atoms with Gasteiger partial charge in [-0.2, -0.15) is 0 Å². The average Bonchev–Trinajstić information content (AvgIpc) is 3.46. The largest absolute Gasteiger partial charge is 0.352 e. The lowest BCUT2D eigenvalue weighted by atomic mass is 10.0. The van der Waals surface area contributed by atoms with Gasteiger partial charge in [-0.1, -0.05) is 73.0 Å². The summed E-state index contributed by atoms with van der Waals surface area (Å²) in [6.45, 7) is -0.677. The first kappa shape index (κ1) is 31.0. The Kier molecular flexibility index (Phi) is 10.2. The number of amides is 2. The number of non-ortho nitro benzene ring substituents is 1. The SMILES string of the molecule is CS(=O)(=O)N(CC(=O)N(Cc1cccc(Cl)c1)C(Cc1ccccc1)C(=O)NC1CCCC1)c1cccc([N+](=O)[O-])c1. The van der Waals surface area contributed by atoms with Crippen LogP contribution in [0, 0.1) is 10.1 Å². The Labute approximate surface area is 250 Å². The second-order valence-corrected chi connectivity index (χ2v) is 12.7. The van der Waals surface area contributed by atoms with E-state index in [1.54, 1.807) is 24.3 Å². The van der Waals surface area contributed by atoms with Gasteiger partial charge < -0.3 is 10.2 Å². The zero-order valence-corrected chi connectivity index (χ0v) is 24.8. The summed E-state index contributed by atoms with van der Waals surface area (Å²) in [7, 11) is -4.05. The van der Waals surface area contributed by atoms with Gasteiger partial charge in [0.1, 0.15) is 12.6 Å². The molecule has 222 valence electrons. The molecule has 1 unspecified atom stereocenters. The van der Waals surface area contributed by atoms with E-state index in [4.69, 9.17) is 11.6 Å². The van der Waals surface area contributed by atoms with Crippen LogP contribution in [0.5, 0.6) is 0 Å². The zero-order valence-electron chi connectivity index (χ0n) is 23.2. The van der Waals surface area contributed by atoms with E-state index in [1.807, 2.05) is 30.3 Å². The van der Waals surface area contributed by atoms with Crippen LogP contribution in [-0.2, 0) is 32.6 Å². The fraction of sp³-hybridized carbons (Fsp3) is 0.333. The third-order valence-electron chi connectivity index (χ3n) is 7.22. The Hall–Kier alpha value is -3.96. The van der Waals surface area contributed by atoms with Crippen molar-refractivity contribution in [3.05, 3.63) is 105 Å². The number of nitro benzene ring substituents is 1. The van der Waals surface area contributed by atoms with Crippen LogP contribution in [0.2, 0.25) is 5.02 Å². The van der Waals surface area contributed by atoms with E-state index in [0.717, 1.165) is 47.9 Å². The van der Waals surface area contributed by atoms with Gasteiger partial charge in [-0.05, 0) is 42.2 Å². The van der Waals surface area contributed by atoms with Crippen molar-refractivity contribution in [1.82, 2.24) is 10.2 Å². The Morgan fingerprint density at radius 1 is 1.00 bits per heavy atom. The predicted molar refractivity (Wildman–Crippen MR) is 162 cm³/mol. The minimum Gasteiger partial charge on any atom is -0.352 e. The number of nitro groups is 1. The number of hydrogen-bond acceptors (Lipinski definition) is 6. The monoisotopic (exact) mass is 612 g/mol. The standard InChI is InChI=1S/C30H33ClN4O6S/c1-42(40,41)34(26-15-8-16-27(19-26)35(38)39)21-29(36)33(20-23-11-7-12-24(31)17-23)28(18-22-9-3-2-4-10-22)30(37)32-25-13-5-6-14-25/h2-4,7-12,15-17,19,25,28H,5-6,13-14,18,20-21H2,1H3,(H,32,37). The first-order chi connectivity index (χ1) is 20.0. The molecule has 0 spiro atoms. The van der Waals surface area contributed by atoms with E-state index < -0.39 is 33.4 Å². The van der Waals surface area contributed by atoms with Gasteiger partial charge in [-0.3, -0.25) is 24.0 Å². The lowest BCUT2D eigenvalue weighted by molar-refractivity contribution is -0.384. The molecule has 2 amide bonds. The Balaban J connectivity index is 1.74. The number of benzene rings is 3. The summed E-state index contributed by atoms with van der Waals surface area (Å²) in [5.41, 5.74) is 1.13. The fourth-order valence-corrected chi connectivity index (χ4v) is 6.18. The van der Waals surface area contributed by atoms with Crippen LogP contribution >= 0.6 is 11.6 Å². The van der Waals surface area contributed by atoms with E-state index in [9.17, 15) is 28.1 Å². The number of hydrogen-bond donors (Lipinski definition) is 1. The highest BCUT2D eigenvalue weighted by molar-refractivity contribution is 7.92. The second-order valence-electron chi connectivity index (χ2n) is 10.4. The first-order valence-corrected chi connectivity index (χ1v) is 15.8. The van der Waals surface area contributed by atoms with Crippen molar-refractivity contribution >= 4 is 44.8 Å². The maximum atomic E-state index is 14.1. The topological polar surface area (TPSA) is 130 Å². The number of nitrogens with zero attached hydrogens (tertiary/aromatic N) is 3. The van der Waals surface area contributed by atoms with Gasteiger partial charge in [-0.25, -0.2) is 8.42 Å². The lowest BCUT2D eigenvalue weighted by Crippen LogP contribution is -2.54. The highest BCUT2D eigenvalue weighted by atomic mass is 35.5. The van der Waals surface area contributed by atoms with Crippen LogP contribution in [0.25, 0.3) is 0 Å². The van der Waals surface area contributed by atoms with Gasteiger partial charge in [0.05, 0.1) is 16.9 Å². The van der Waals surface area contributed by atoms with E-state index >= 15 is 0 Å². The molecular formula is C30H33ClN4O6S. The number of halogens is 1. The molecule has 1 N–H and O–H groups in total. The Bertz CT molecular complexity index is 1530. The summed E-state index contributed by atoms with van der Waals surface area (Å²) in [6.07, 6.45) is 4.83. The van der Waals surface area contributed by atoms with Crippen molar-refractivity contribution in [2.24, 2.45) is 0 Å². The van der Waals surface area contributed by atoms with Crippen molar-refractivity contribution < 1.29 is 22.9 Å². The highest BCUT2D eigenvalue weighted by Gasteiger charge is 2.34. The van der Waals surface area contributed by atoms with Crippen LogP contribution < -0.4 is 9.62 Å². The third kappa shape index (κ3) is 8.29. The number of rotatable bonds is 12. The van der Waals surface area contributed by atoms with Gasteiger partial charge >= 0.3 is 0 Å². The molecule has 12 heteroatoms. The molecule has 0 aromatic heterocycles. The van der Waals surface area contributed by atoms with Gasteiger partial charge in [0, 0.05) is 36.2 Å². The van der Waals surface area contributed by atoms with Crippen LogP contribution in [-0.4, -0.2) is 54.9 Å². The molecule has 3 aromatic rings. The zero-order chi connectivity index (χ0) is 30.3. The molecule has 4 rings (SSSR count). The summed E-state index contributed by atoms with van der Waals surface area (Å²) >= 11 is 6.23. The van der Waals surface area contributed by atoms with Crippen molar-refractivity contribution in [3.8, 4) is 0 Å². The summed E-state index contributed by atoms with van der Waals surface area (Å²) < 4.78 is 26.6. The normalized spacial score (nSPS) is 14.2. The van der Waals surface area contributed by atoms with E-state index in [1.165, 1.54) is 23.1 Å². The molecule has 0 saturated heterocycles. The molecule has 1 fully saturated rings. The molecule has 1 aliphatic carbocycles. The number of sulfonamides is 1. The van der Waals surface area contributed by atoms with Crippen molar-refractivity contribution in [1.29, 1.82) is 0 Å². The van der Waals surface area contributed by atoms with Crippen LogP contribution in [0.4, 0.5) is 11.4 Å². The number of nitrogens with one attached hydrogen (secondary N) is 1. The number of carbonyl (C=O) groups excluding carboxylic acids is 2. The summed E-state index contributed by atoms with van der Waals surface area (Å²) in [5.74, 6) is -0.975. The summed E-state index contributed by atoms with van der Waals surface area (Å²) in [5, 5.41) is 14.9. The lowest BCUT2D eigenvalue weighted by Gasteiger charge is -2.34. The minimum absolute atomic E-state index is 0.00344. The summed E-state index contributed by atoms with van der Waals surface area (Å²) in [4.78, 5) is 40.1.